The van der Waals surface area contributed by atoms with Gasteiger partial charge >= 0.3 is 0 Å². The van der Waals surface area contributed by atoms with Crippen LogP contribution in [0.15, 0.2) is 48.5 Å². The Labute approximate surface area is 185 Å². The van der Waals surface area contributed by atoms with Gasteiger partial charge in [-0.2, -0.15) is 0 Å². The number of rotatable bonds is 5. The van der Waals surface area contributed by atoms with E-state index in [1.54, 1.807) is 14.2 Å². The largest absolute Gasteiger partial charge is 0.493 e. The van der Waals surface area contributed by atoms with E-state index in [2.05, 4.69) is 48.3 Å². The van der Waals surface area contributed by atoms with E-state index in [1.807, 2.05) is 12.1 Å². The summed E-state index contributed by atoms with van der Waals surface area (Å²) in [5.74, 6) is 1.14. The van der Waals surface area contributed by atoms with E-state index in [1.165, 1.54) is 17.5 Å². The molecular formula is C26H33NO4. The van der Waals surface area contributed by atoms with Crippen LogP contribution in [0.4, 0.5) is 0 Å². The predicted molar refractivity (Wildman–Crippen MR) is 120 cm³/mol. The molecule has 0 radical (unpaired) electrons. The predicted octanol–water partition coefficient (Wildman–Crippen LogP) is 4.61. The molecule has 3 fully saturated rings. The van der Waals surface area contributed by atoms with Crippen LogP contribution in [0, 0.1) is 5.41 Å². The first-order valence-corrected chi connectivity index (χ1v) is 11.3. The highest BCUT2D eigenvalue weighted by Crippen LogP contribution is 2.55. The van der Waals surface area contributed by atoms with Crippen LogP contribution in [0.3, 0.4) is 0 Å². The molecule has 1 aliphatic carbocycles. The molecule has 5 heteroatoms. The van der Waals surface area contributed by atoms with Crippen LogP contribution in [-0.4, -0.2) is 51.1 Å². The number of ether oxygens (including phenoxy) is 4. The maximum atomic E-state index is 6.61. The molecule has 2 aromatic rings. The highest BCUT2D eigenvalue weighted by Gasteiger charge is 2.57. The van der Waals surface area contributed by atoms with Crippen LogP contribution in [0.5, 0.6) is 11.5 Å². The van der Waals surface area contributed by atoms with Gasteiger partial charge in [0.15, 0.2) is 17.3 Å². The fourth-order valence-corrected chi connectivity index (χ4v) is 6.01. The Morgan fingerprint density at radius 2 is 1.81 bits per heavy atom. The Morgan fingerprint density at radius 3 is 2.58 bits per heavy atom. The number of benzene rings is 2. The lowest BCUT2D eigenvalue weighted by Gasteiger charge is -2.47. The molecule has 4 atom stereocenters. The Kier molecular flexibility index (Phi) is 5.45. The summed E-state index contributed by atoms with van der Waals surface area (Å²) in [6.45, 7) is 1.76. The van der Waals surface area contributed by atoms with Crippen LogP contribution in [0.1, 0.15) is 42.9 Å². The van der Waals surface area contributed by atoms with Crippen molar-refractivity contribution in [3.63, 3.8) is 0 Å². The molecule has 2 heterocycles. The molecule has 5 rings (SSSR count). The van der Waals surface area contributed by atoms with Crippen molar-refractivity contribution in [3.8, 4) is 11.5 Å². The summed E-state index contributed by atoms with van der Waals surface area (Å²) in [5, 5.41) is 0. The van der Waals surface area contributed by atoms with E-state index in [-0.39, 0.29) is 11.5 Å². The zero-order valence-electron chi connectivity index (χ0n) is 18.8. The maximum absolute atomic E-state index is 6.61. The molecule has 1 spiro atoms. The minimum absolute atomic E-state index is 0.0336. The Bertz CT molecular complexity index is 919. The molecule has 2 aliphatic heterocycles. The third-order valence-electron chi connectivity index (χ3n) is 7.74. The summed E-state index contributed by atoms with van der Waals surface area (Å²) in [6.07, 6.45) is 5.28. The van der Waals surface area contributed by atoms with Gasteiger partial charge in [0.05, 0.1) is 20.8 Å². The number of nitrogens with zero attached hydrogens (tertiary/aromatic N) is 1. The van der Waals surface area contributed by atoms with Crippen LogP contribution < -0.4 is 9.47 Å². The normalized spacial score (nSPS) is 32.9. The average Bonchev–Trinajstić information content (AvgIpc) is 3.37. The summed E-state index contributed by atoms with van der Waals surface area (Å²) in [5.41, 5.74) is 2.77. The molecular weight excluding hydrogens is 390 g/mol. The molecule has 0 aromatic heterocycles. The van der Waals surface area contributed by atoms with Crippen molar-refractivity contribution < 1.29 is 18.9 Å². The average molecular weight is 424 g/mol. The Morgan fingerprint density at radius 1 is 1.00 bits per heavy atom. The van der Waals surface area contributed by atoms with E-state index in [9.17, 15) is 0 Å². The summed E-state index contributed by atoms with van der Waals surface area (Å²) >= 11 is 0. The van der Waals surface area contributed by atoms with Gasteiger partial charge in [-0.15, -0.1) is 0 Å². The number of hydrogen-bond donors (Lipinski definition) is 0. The lowest BCUT2D eigenvalue weighted by molar-refractivity contribution is -0.211. The van der Waals surface area contributed by atoms with Crippen molar-refractivity contribution in [2.75, 3.05) is 34.4 Å². The summed E-state index contributed by atoms with van der Waals surface area (Å²) in [7, 11) is 5.64. The van der Waals surface area contributed by atoms with Gasteiger partial charge in [-0.25, -0.2) is 0 Å². The number of methoxy groups -OCH3 is 2. The second-order valence-electron chi connectivity index (χ2n) is 9.42. The van der Waals surface area contributed by atoms with Crippen LogP contribution in [0.25, 0.3) is 0 Å². The third kappa shape index (κ3) is 3.73. The maximum Gasteiger partial charge on any atom is 0.170 e. The molecule has 2 saturated heterocycles. The molecule has 31 heavy (non-hydrogen) atoms. The van der Waals surface area contributed by atoms with Gasteiger partial charge in [0.1, 0.15) is 6.10 Å². The summed E-state index contributed by atoms with van der Waals surface area (Å²) < 4.78 is 24.0. The van der Waals surface area contributed by atoms with Gasteiger partial charge in [0.2, 0.25) is 0 Å². The second kappa shape index (κ2) is 8.12. The van der Waals surface area contributed by atoms with Crippen LogP contribution in [-0.2, 0) is 15.9 Å². The molecule has 166 valence electrons. The smallest absolute Gasteiger partial charge is 0.170 e. The molecule has 0 bridgehead atoms. The molecule has 1 unspecified atom stereocenters. The van der Waals surface area contributed by atoms with E-state index in [0.29, 0.717) is 12.6 Å². The number of fused-ring (bicyclic) bond motifs is 1. The van der Waals surface area contributed by atoms with Gasteiger partial charge in [-0.05, 0) is 61.5 Å². The van der Waals surface area contributed by atoms with E-state index in [0.717, 1.165) is 43.7 Å². The number of hydrogen-bond acceptors (Lipinski definition) is 5. The van der Waals surface area contributed by atoms with Crippen molar-refractivity contribution in [1.82, 2.24) is 4.90 Å². The molecule has 5 nitrogen and oxygen atoms in total. The first-order chi connectivity index (χ1) is 15.1. The third-order valence-corrected chi connectivity index (χ3v) is 7.74. The van der Waals surface area contributed by atoms with Gasteiger partial charge in [0.25, 0.3) is 0 Å². The lowest BCUT2D eigenvalue weighted by atomic mass is 9.65. The highest BCUT2D eigenvalue weighted by molar-refractivity contribution is 5.43. The van der Waals surface area contributed by atoms with Crippen LogP contribution in [0.2, 0.25) is 0 Å². The zero-order valence-corrected chi connectivity index (χ0v) is 18.8. The second-order valence-corrected chi connectivity index (χ2v) is 9.42. The fourth-order valence-electron chi connectivity index (χ4n) is 6.01. The summed E-state index contributed by atoms with van der Waals surface area (Å²) in [6, 6.07) is 17.3. The lowest BCUT2D eigenvalue weighted by Crippen LogP contribution is -2.51. The first-order valence-electron chi connectivity index (χ1n) is 11.3. The quantitative estimate of drug-likeness (QED) is 0.703. The Balaban J connectivity index is 1.35. The molecule has 0 N–H and O–H groups in total. The van der Waals surface area contributed by atoms with Gasteiger partial charge in [-0.1, -0.05) is 36.4 Å². The first kappa shape index (κ1) is 20.8. The standard InChI is InChI=1S/C26H33NO4/c1-27-14-13-25(16-19-9-10-21(28-2)22(15-19)29-3)11-12-26(17-24(25)27)30-18-23(31-26)20-7-5-4-6-8-20/h4-10,15,23-24H,11-14,16-18H2,1-3H3/t23-,24+,25+,26?/m1/s1. The summed E-state index contributed by atoms with van der Waals surface area (Å²) in [4.78, 5) is 2.52. The monoisotopic (exact) mass is 423 g/mol. The van der Waals surface area contributed by atoms with E-state index in [4.69, 9.17) is 18.9 Å². The topological polar surface area (TPSA) is 40.2 Å². The van der Waals surface area contributed by atoms with Crippen molar-refractivity contribution in [3.05, 3.63) is 59.7 Å². The van der Waals surface area contributed by atoms with Gasteiger partial charge in [-0.3, -0.25) is 0 Å². The minimum atomic E-state index is -0.453. The van der Waals surface area contributed by atoms with Crippen LogP contribution >= 0.6 is 0 Å². The minimum Gasteiger partial charge on any atom is -0.493 e. The van der Waals surface area contributed by atoms with Crippen molar-refractivity contribution >= 4 is 0 Å². The van der Waals surface area contributed by atoms with Gasteiger partial charge < -0.3 is 23.8 Å². The molecule has 1 saturated carbocycles. The number of likely N-dealkylation sites (tertiary alicyclic amines) is 1. The van der Waals surface area contributed by atoms with Crippen molar-refractivity contribution in [1.29, 1.82) is 0 Å². The Hall–Kier alpha value is -2.08. The fraction of sp³-hybridized carbons (Fsp3) is 0.538. The zero-order chi connectivity index (χ0) is 21.5. The van der Waals surface area contributed by atoms with Gasteiger partial charge in [0, 0.05) is 18.9 Å². The van der Waals surface area contributed by atoms with E-state index < -0.39 is 5.79 Å². The van der Waals surface area contributed by atoms with Crippen molar-refractivity contribution in [2.24, 2.45) is 5.41 Å². The molecule has 2 aromatic carbocycles. The SMILES string of the molecule is COc1ccc(C[C@]23CCN(C)[C@H]2CC2(CC3)OC[C@H](c3ccccc3)O2)cc1OC. The highest BCUT2D eigenvalue weighted by atomic mass is 16.7. The van der Waals surface area contributed by atoms with E-state index >= 15 is 0 Å². The van der Waals surface area contributed by atoms with Crippen molar-refractivity contribution in [2.45, 2.75) is 50.0 Å². The molecule has 0 amide bonds. The molecule has 3 aliphatic rings.